The fourth-order valence-electron chi connectivity index (χ4n) is 1.56. The molecule has 3 heteroatoms. The second-order valence-electron chi connectivity index (χ2n) is 3.42. The van der Waals surface area contributed by atoms with E-state index in [1.54, 1.807) is 13.0 Å². The Hall–Kier alpha value is -1.20. The maximum absolute atomic E-state index is 9.69. The van der Waals surface area contributed by atoms with Gasteiger partial charge in [-0.25, -0.2) is 0 Å². The Bertz CT molecular complexity index is 407. The predicted octanol–water partition coefficient (Wildman–Crippen LogP) is 3.29. The lowest BCUT2D eigenvalue weighted by atomic mass is 9.95. The SMILES string of the molecule is Cc1cc(O)c(C(C)C#N)c(C)c1Cl. The summed E-state index contributed by atoms with van der Waals surface area (Å²) in [6.45, 7) is 5.39. The fraction of sp³-hybridized carbons (Fsp3) is 0.364. The molecule has 0 spiro atoms. The van der Waals surface area contributed by atoms with Gasteiger partial charge in [0.1, 0.15) is 5.75 Å². The van der Waals surface area contributed by atoms with Crippen LogP contribution in [-0.2, 0) is 0 Å². The molecule has 2 nitrogen and oxygen atoms in total. The molecule has 1 atom stereocenters. The van der Waals surface area contributed by atoms with Crippen LogP contribution in [0.4, 0.5) is 0 Å². The van der Waals surface area contributed by atoms with E-state index >= 15 is 0 Å². The first-order chi connectivity index (χ1) is 6.49. The highest BCUT2D eigenvalue weighted by atomic mass is 35.5. The molecule has 14 heavy (non-hydrogen) atoms. The summed E-state index contributed by atoms with van der Waals surface area (Å²) >= 11 is 6.04. The Labute approximate surface area is 88.7 Å². The van der Waals surface area contributed by atoms with Crippen LogP contribution in [0.2, 0.25) is 5.02 Å². The summed E-state index contributed by atoms with van der Waals surface area (Å²) in [4.78, 5) is 0. The molecule has 1 aromatic rings. The van der Waals surface area contributed by atoms with Gasteiger partial charge in [0.25, 0.3) is 0 Å². The van der Waals surface area contributed by atoms with E-state index in [4.69, 9.17) is 16.9 Å². The van der Waals surface area contributed by atoms with Gasteiger partial charge in [0.15, 0.2) is 0 Å². The van der Waals surface area contributed by atoms with Gasteiger partial charge in [-0.3, -0.25) is 0 Å². The van der Waals surface area contributed by atoms with E-state index in [-0.39, 0.29) is 11.7 Å². The average molecular weight is 210 g/mol. The van der Waals surface area contributed by atoms with Crippen LogP contribution in [0.3, 0.4) is 0 Å². The topological polar surface area (TPSA) is 44.0 Å². The first kappa shape index (κ1) is 10.9. The Kier molecular flexibility index (Phi) is 3.03. The van der Waals surface area contributed by atoms with E-state index in [1.165, 1.54) is 0 Å². The van der Waals surface area contributed by atoms with E-state index in [1.807, 2.05) is 13.8 Å². The molecule has 1 unspecified atom stereocenters. The average Bonchev–Trinajstić information content (AvgIpc) is 2.14. The monoisotopic (exact) mass is 209 g/mol. The summed E-state index contributed by atoms with van der Waals surface area (Å²) in [5.41, 5.74) is 2.25. The lowest BCUT2D eigenvalue weighted by Gasteiger charge is -2.13. The lowest BCUT2D eigenvalue weighted by Crippen LogP contribution is -1.96. The normalized spacial score (nSPS) is 12.2. The molecule has 0 radical (unpaired) electrons. The van der Waals surface area contributed by atoms with Crippen LogP contribution in [0.15, 0.2) is 6.07 Å². The minimum absolute atomic E-state index is 0.151. The van der Waals surface area contributed by atoms with Gasteiger partial charge in [0, 0.05) is 10.6 Å². The Morgan fingerprint density at radius 1 is 1.50 bits per heavy atom. The minimum atomic E-state index is -0.340. The number of aromatic hydroxyl groups is 1. The summed E-state index contributed by atoms with van der Waals surface area (Å²) in [6, 6.07) is 3.69. The quantitative estimate of drug-likeness (QED) is 0.772. The standard InChI is InChI=1S/C11H12ClNO/c1-6-4-9(14)10(7(2)5-13)8(3)11(6)12/h4,7,14H,1-3H3. The van der Waals surface area contributed by atoms with Crippen LogP contribution in [0.25, 0.3) is 0 Å². The summed E-state index contributed by atoms with van der Waals surface area (Å²) in [5, 5.41) is 19.1. The highest BCUT2D eigenvalue weighted by Crippen LogP contribution is 2.35. The maximum Gasteiger partial charge on any atom is 0.120 e. The molecule has 74 valence electrons. The Morgan fingerprint density at radius 3 is 2.57 bits per heavy atom. The zero-order chi connectivity index (χ0) is 10.9. The smallest absolute Gasteiger partial charge is 0.120 e. The third kappa shape index (κ3) is 1.69. The highest BCUT2D eigenvalue weighted by Gasteiger charge is 2.16. The largest absolute Gasteiger partial charge is 0.508 e. The van der Waals surface area contributed by atoms with Crippen molar-refractivity contribution < 1.29 is 5.11 Å². The van der Waals surface area contributed by atoms with Crippen LogP contribution in [0.5, 0.6) is 5.75 Å². The molecule has 0 heterocycles. The second kappa shape index (κ2) is 3.89. The van der Waals surface area contributed by atoms with Gasteiger partial charge >= 0.3 is 0 Å². The third-order valence-corrected chi connectivity index (χ3v) is 2.92. The third-order valence-electron chi connectivity index (χ3n) is 2.34. The minimum Gasteiger partial charge on any atom is -0.508 e. The van der Waals surface area contributed by atoms with Crippen molar-refractivity contribution in [2.24, 2.45) is 0 Å². The molecule has 0 amide bonds. The molecule has 0 saturated heterocycles. The van der Waals surface area contributed by atoms with Gasteiger partial charge in [0.2, 0.25) is 0 Å². The van der Waals surface area contributed by atoms with Gasteiger partial charge in [-0.1, -0.05) is 11.6 Å². The number of nitrogens with zero attached hydrogens (tertiary/aromatic N) is 1. The summed E-state index contributed by atoms with van der Waals surface area (Å²) in [6.07, 6.45) is 0. The van der Waals surface area contributed by atoms with Crippen molar-refractivity contribution in [1.29, 1.82) is 5.26 Å². The molecule has 0 bridgehead atoms. The molecule has 0 fully saturated rings. The molecular weight excluding hydrogens is 198 g/mol. The number of aryl methyl sites for hydroxylation is 1. The number of hydrogen-bond acceptors (Lipinski definition) is 2. The first-order valence-electron chi connectivity index (χ1n) is 4.37. The van der Waals surface area contributed by atoms with Crippen LogP contribution >= 0.6 is 11.6 Å². The molecule has 1 aromatic carbocycles. The van der Waals surface area contributed by atoms with Gasteiger partial charge in [-0.2, -0.15) is 5.26 Å². The molecular formula is C11H12ClNO. The van der Waals surface area contributed by atoms with E-state index in [0.717, 1.165) is 11.1 Å². The van der Waals surface area contributed by atoms with Crippen molar-refractivity contribution in [3.63, 3.8) is 0 Å². The van der Waals surface area contributed by atoms with Crippen molar-refractivity contribution in [3.8, 4) is 11.8 Å². The maximum atomic E-state index is 9.69. The summed E-state index contributed by atoms with van der Waals surface area (Å²) in [7, 11) is 0. The van der Waals surface area contributed by atoms with Gasteiger partial charge in [-0.05, 0) is 38.0 Å². The second-order valence-corrected chi connectivity index (χ2v) is 3.79. The highest BCUT2D eigenvalue weighted by molar-refractivity contribution is 6.32. The number of benzene rings is 1. The zero-order valence-electron chi connectivity index (χ0n) is 8.43. The van der Waals surface area contributed by atoms with Crippen molar-refractivity contribution in [3.05, 3.63) is 27.8 Å². The molecule has 0 aromatic heterocycles. The van der Waals surface area contributed by atoms with E-state index in [9.17, 15) is 5.11 Å². The number of halogens is 1. The number of phenols is 1. The van der Waals surface area contributed by atoms with Crippen LogP contribution in [-0.4, -0.2) is 5.11 Å². The molecule has 0 aliphatic carbocycles. The molecule has 0 saturated carbocycles. The number of phenolic OH excluding ortho intramolecular Hbond substituents is 1. The van der Waals surface area contributed by atoms with E-state index in [2.05, 4.69) is 6.07 Å². The summed E-state index contributed by atoms with van der Waals surface area (Å²) < 4.78 is 0. The van der Waals surface area contributed by atoms with Crippen LogP contribution in [0, 0.1) is 25.2 Å². The number of nitriles is 1. The predicted molar refractivity (Wildman–Crippen MR) is 56.6 cm³/mol. The number of rotatable bonds is 1. The zero-order valence-corrected chi connectivity index (χ0v) is 9.18. The number of hydrogen-bond donors (Lipinski definition) is 1. The molecule has 1 N–H and O–H groups in total. The van der Waals surface area contributed by atoms with E-state index in [0.29, 0.717) is 10.6 Å². The lowest BCUT2D eigenvalue weighted by molar-refractivity contribution is 0.466. The molecule has 0 aliphatic rings. The molecule has 1 rings (SSSR count). The Balaban J connectivity index is 3.45. The van der Waals surface area contributed by atoms with Crippen molar-refractivity contribution in [2.75, 3.05) is 0 Å². The van der Waals surface area contributed by atoms with Crippen LogP contribution in [0.1, 0.15) is 29.5 Å². The summed E-state index contributed by atoms with van der Waals surface area (Å²) in [5.74, 6) is -0.188. The van der Waals surface area contributed by atoms with Crippen molar-refractivity contribution >= 4 is 11.6 Å². The van der Waals surface area contributed by atoms with E-state index < -0.39 is 0 Å². The Morgan fingerprint density at radius 2 is 2.07 bits per heavy atom. The van der Waals surface area contributed by atoms with Crippen molar-refractivity contribution in [1.82, 2.24) is 0 Å². The van der Waals surface area contributed by atoms with Gasteiger partial charge in [0.05, 0.1) is 12.0 Å². The van der Waals surface area contributed by atoms with Gasteiger partial charge < -0.3 is 5.11 Å². The first-order valence-corrected chi connectivity index (χ1v) is 4.75. The molecule has 0 aliphatic heterocycles. The fourth-order valence-corrected chi connectivity index (χ4v) is 1.72. The van der Waals surface area contributed by atoms with Crippen molar-refractivity contribution in [2.45, 2.75) is 26.7 Å². The van der Waals surface area contributed by atoms with Crippen LogP contribution < -0.4 is 0 Å². The van der Waals surface area contributed by atoms with Gasteiger partial charge in [-0.15, -0.1) is 0 Å².